The second kappa shape index (κ2) is 6.91. The maximum Gasteiger partial charge on any atom is 0.140 e. The number of rotatable bonds is 6. The molecule has 0 aliphatic rings. The topological polar surface area (TPSA) is 61.8 Å². The van der Waals surface area contributed by atoms with E-state index >= 15 is 0 Å². The molecule has 0 rings (SSSR count). The molecule has 0 aliphatic carbocycles. The van der Waals surface area contributed by atoms with Crippen molar-refractivity contribution < 1.29 is 5.21 Å². The summed E-state index contributed by atoms with van der Waals surface area (Å²) >= 11 is 0. The van der Waals surface area contributed by atoms with Gasteiger partial charge in [-0.2, -0.15) is 0 Å². The normalized spacial score (nSPS) is 12.4. The Morgan fingerprint density at radius 2 is 2.08 bits per heavy atom. The van der Waals surface area contributed by atoms with Gasteiger partial charge in [0.2, 0.25) is 0 Å². The molecule has 4 heteroatoms. The first-order valence-electron chi connectivity index (χ1n) is 4.43. The molecule has 0 saturated heterocycles. The average Bonchev–Trinajstić information content (AvgIpc) is 2.11. The molecule has 0 unspecified atom stereocenters. The lowest BCUT2D eigenvalue weighted by Crippen LogP contribution is -2.28. The van der Waals surface area contributed by atoms with Gasteiger partial charge in [0.15, 0.2) is 0 Å². The van der Waals surface area contributed by atoms with Crippen LogP contribution in [0.25, 0.3) is 0 Å². The Kier molecular flexibility index (Phi) is 6.47. The Balaban J connectivity index is 3.57. The summed E-state index contributed by atoms with van der Waals surface area (Å²) < 4.78 is 0. The predicted molar refractivity (Wildman–Crippen MR) is 50.4 cm³/mol. The van der Waals surface area contributed by atoms with Crippen molar-refractivity contribution in [3.05, 3.63) is 0 Å². The number of hydrogen-bond acceptors (Lipinski definition) is 3. The maximum atomic E-state index is 8.29. The number of amidine groups is 1. The highest BCUT2D eigenvalue weighted by Gasteiger charge is 2.01. The van der Waals surface area contributed by atoms with Gasteiger partial charge in [0.1, 0.15) is 5.84 Å². The van der Waals surface area contributed by atoms with Crippen LogP contribution in [0.5, 0.6) is 0 Å². The second-order valence-corrected chi connectivity index (χ2v) is 2.78. The molecule has 0 aromatic carbocycles. The average molecular weight is 173 g/mol. The summed E-state index contributed by atoms with van der Waals surface area (Å²) in [5, 5.41) is 11.2. The van der Waals surface area contributed by atoms with Crippen LogP contribution in [-0.4, -0.2) is 35.6 Å². The summed E-state index contributed by atoms with van der Waals surface area (Å²) in [6.45, 7) is 7.23. The molecule has 0 radical (unpaired) electrons. The lowest BCUT2D eigenvalue weighted by molar-refractivity contribution is 0.290. The fourth-order valence-corrected chi connectivity index (χ4v) is 1.07. The van der Waals surface area contributed by atoms with Crippen LogP contribution >= 0.6 is 0 Å². The highest BCUT2D eigenvalue weighted by atomic mass is 16.4. The Hall–Kier alpha value is -0.770. The monoisotopic (exact) mass is 173 g/mol. The lowest BCUT2D eigenvalue weighted by Gasteiger charge is -2.18. The third-order valence-corrected chi connectivity index (χ3v) is 1.80. The van der Waals surface area contributed by atoms with Crippen molar-refractivity contribution in [3.8, 4) is 0 Å². The smallest absolute Gasteiger partial charge is 0.140 e. The van der Waals surface area contributed by atoms with Crippen LogP contribution in [0.3, 0.4) is 0 Å². The zero-order valence-corrected chi connectivity index (χ0v) is 7.95. The van der Waals surface area contributed by atoms with E-state index in [1.54, 1.807) is 0 Å². The van der Waals surface area contributed by atoms with Crippen molar-refractivity contribution in [2.45, 2.75) is 26.7 Å². The molecule has 0 spiro atoms. The molecule has 0 bridgehead atoms. The van der Waals surface area contributed by atoms with Gasteiger partial charge in [-0.25, -0.2) is 0 Å². The molecule has 72 valence electrons. The summed E-state index contributed by atoms with van der Waals surface area (Å²) in [7, 11) is 0. The van der Waals surface area contributed by atoms with Crippen LogP contribution in [0.1, 0.15) is 26.7 Å². The fourth-order valence-electron chi connectivity index (χ4n) is 1.07. The third kappa shape index (κ3) is 4.96. The first-order valence-corrected chi connectivity index (χ1v) is 4.43. The summed E-state index contributed by atoms with van der Waals surface area (Å²) in [6, 6.07) is 0. The molecule has 0 aromatic rings. The van der Waals surface area contributed by atoms with Gasteiger partial charge in [-0.15, -0.1) is 0 Å². The van der Waals surface area contributed by atoms with E-state index in [4.69, 9.17) is 10.9 Å². The van der Waals surface area contributed by atoms with Crippen molar-refractivity contribution in [1.82, 2.24) is 4.90 Å². The molecule has 0 heterocycles. The maximum absolute atomic E-state index is 8.29. The van der Waals surface area contributed by atoms with Crippen LogP contribution in [0.2, 0.25) is 0 Å². The second-order valence-electron chi connectivity index (χ2n) is 2.78. The van der Waals surface area contributed by atoms with E-state index in [0.29, 0.717) is 12.3 Å². The van der Waals surface area contributed by atoms with E-state index in [2.05, 4.69) is 23.9 Å². The SMILES string of the molecule is CCCN(CC)CC/C(N)=N/O. The summed E-state index contributed by atoms with van der Waals surface area (Å²) in [5.74, 6) is 0.310. The van der Waals surface area contributed by atoms with Gasteiger partial charge in [0.25, 0.3) is 0 Å². The molecule has 0 aliphatic heterocycles. The van der Waals surface area contributed by atoms with E-state index in [1.807, 2.05) is 0 Å². The van der Waals surface area contributed by atoms with Crippen molar-refractivity contribution in [2.24, 2.45) is 10.9 Å². The molecule has 0 amide bonds. The van der Waals surface area contributed by atoms with E-state index in [-0.39, 0.29) is 0 Å². The standard InChI is InChI=1S/C8H19N3O/c1-3-6-11(4-2)7-5-8(9)10-12/h12H,3-7H2,1-2H3,(H2,9,10). The molecular weight excluding hydrogens is 154 g/mol. The van der Waals surface area contributed by atoms with Crippen molar-refractivity contribution in [3.63, 3.8) is 0 Å². The number of hydrogen-bond donors (Lipinski definition) is 2. The van der Waals surface area contributed by atoms with E-state index in [9.17, 15) is 0 Å². The Morgan fingerprint density at radius 3 is 2.50 bits per heavy atom. The minimum absolute atomic E-state index is 0.310. The molecule has 4 nitrogen and oxygen atoms in total. The number of oxime groups is 1. The molecular formula is C8H19N3O. The number of nitrogens with two attached hydrogens (primary N) is 1. The Morgan fingerprint density at radius 1 is 1.42 bits per heavy atom. The van der Waals surface area contributed by atoms with Crippen molar-refractivity contribution in [1.29, 1.82) is 0 Å². The largest absolute Gasteiger partial charge is 0.409 e. The molecule has 0 aromatic heterocycles. The fraction of sp³-hybridized carbons (Fsp3) is 0.875. The highest BCUT2D eigenvalue weighted by Crippen LogP contribution is 1.93. The van der Waals surface area contributed by atoms with Gasteiger partial charge in [0.05, 0.1) is 0 Å². The molecule has 0 atom stereocenters. The summed E-state index contributed by atoms with van der Waals surface area (Å²) in [6.07, 6.45) is 1.79. The number of nitrogens with zero attached hydrogens (tertiary/aromatic N) is 2. The zero-order chi connectivity index (χ0) is 9.40. The Labute approximate surface area is 74.0 Å². The van der Waals surface area contributed by atoms with Crippen LogP contribution in [0.15, 0.2) is 5.16 Å². The summed E-state index contributed by atoms with van der Waals surface area (Å²) in [5.41, 5.74) is 5.35. The van der Waals surface area contributed by atoms with Gasteiger partial charge in [-0.3, -0.25) is 0 Å². The molecule has 0 fully saturated rings. The first-order chi connectivity index (χ1) is 5.74. The minimum Gasteiger partial charge on any atom is -0.409 e. The lowest BCUT2D eigenvalue weighted by atomic mass is 10.3. The van der Waals surface area contributed by atoms with Gasteiger partial charge in [-0.05, 0) is 19.5 Å². The Bertz CT molecular complexity index is 136. The van der Waals surface area contributed by atoms with E-state index in [1.165, 1.54) is 0 Å². The van der Waals surface area contributed by atoms with Crippen LogP contribution in [-0.2, 0) is 0 Å². The van der Waals surface area contributed by atoms with Crippen molar-refractivity contribution in [2.75, 3.05) is 19.6 Å². The van der Waals surface area contributed by atoms with Gasteiger partial charge < -0.3 is 15.8 Å². The van der Waals surface area contributed by atoms with Crippen LogP contribution in [0, 0.1) is 0 Å². The molecule has 3 N–H and O–H groups in total. The zero-order valence-electron chi connectivity index (χ0n) is 7.95. The molecule has 0 saturated carbocycles. The van der Waals surface area contributed by atoms with Crippen LogP contribution in [0.4, 0.5) is 0 Å². The third-order valence-electron chi connectivity index (χ3n) is 1.80. The first kappa shape index (κ1) is 11.2. The van der Waals surface area contributed by atoms with Crippen LogP contribution < -0.4 is 5.73 Å². The van der Waals surface area contributed by atoms with Gasteiger partial charge >= 0.3 is 0 Å². The van der Waals surface area contributed by atoms with Crippen molar-refractivity contribution >= 4 is 5.84 Å². The minimum atomic E-state index is 0.310. The predicted octanol–water partition coefficient (Wildman–Crippen LogP) is 0.855. The summed E-state index contributed by atoms with van der Waals surface area (Å²) in [4.78, 5) is 2.28. The molecule has 12 heavy (non-hydrogen) atoms. The van der Waals surface area contributed by atoms with E-state index in [0.717, 1.165) is 26.1 Å². The van der Waals surface area contributed by atoms with E-state index < -0.39 is 0 Å². The quantitative estimate of drug-likeness (QED) is 0.271. The van der Waals surface area contributed by atoms with Gasteiger partial charge in [0, 0.05) is 13.0 Å². The van der Waals surface area contributed by atoms with Gasteiger partial charge in [-0.1, -0.05) is 19.0 Å². The highest BCUT2D eigenvalue weighted by molar-refractivity contribution is 5.79.